The fourth-order valence-corrected chi connectivity index (χ4v) is 2.10. The van der Waals surface area contributed by atoms with Crippen LogP contribution in [0.3, 0.4) is 0 Å². The van der Waals surface area contributed by atoms with Gasteiger partial charge in [-0.1, -0.05) is 0 Å². The largest absolute Gasteiger partial charge is 0.385 e. The molecule has 1 nitrogen and oxygen atoms in total. The van der Waals surface area contributed by atoms with Crippen molar-refractivity contribution < 1.29 is 4.39 Å². The summed E-state index contributed by atoms with van der Waals surface area (Å²) >= 11 is 0. The van der Waals surface area contributed by atoms with E-state index in [0.29, 0.717) is 5.92 Å². The van der Waals surface area contributed by atoms with Crippen molar-refractivity contribution in [1.82, 2.24) is 0 Å². The van der Waals surface area contributed by atoms with Gasteiger partial charge in [-0.3, -0.25) is 0 Å². The van der Waals surface area contributed by atoms with Gasteiger partial charge in [0.05, 0.1) is 0 Å². The number of hydrogen-bond donors (Lipinski definition) is 1. The highest BCUT2D eigenvalue weighted by atomic mass is 19.1. The van der Waals surface area contributed by atoms with Crippen molar-refractivity contribution in [1.29, 1.82) is 0 Å². The Bertz CT molecular complexity index is 335. The van der Waals surface area contributed by atoms with E-state index in [0.717, 1.165) is 18.2 Å². The minimum absolute atomic E-state index is 0.108. The van der Waals surface area contributed by atoms with Crippen LogP contribution < -0.4 is 5.32 Å². The van der Waals surface area contributed by atoms with Crippen LogP contribution in [0.2, 0.25) is 0 Å². The van der Waals surface area contributed by atoms with Crippen molar-refractivity contribution in [2.75, 3.05) is 11.9 Å². The zero-order chi connectivity index (χ0) is 8.13. The number of halogens is 1. The van der Waals surface area contributed by atoms with E-state index in [-0.39, 0.29) is 5.82 Å². The van der Waals surface area contributed by atoms with Gasteiger partial charge in [-0.25, -0.2) is 4.39 Å². The van der Waals surface area contributed by atoms with Crippen molar-refractivity contribution in [2.45, 2.75) is 12.3 Å². The Labute approximate surface area is 70.6 Å². The molecule has 0 saturated heterocycles. The molecule has 1 saturated carbocycles. The van der Waals surface area contributed by atoms with Gasteiger partial charge in [0.1, 0.15) is 5.82 Å². The minimum Gasteiger partial charge on any atom is -0.385 e. The third-order valence-electron chi connectivity index (χ3n) is 2.89. The number of fused-ring (bicyclic) bond motifs is 3. The lowest BCUT2D eigenvalue weighted by Gasteiger charge is -2.16. The first kappa shape index (κ1) is 6.46. The number of anilines is 1. The summed E-state index contributed by atoms with van der Waals surface area (Å²) in [7, 11) is 0. The van der Waals surface area contributed by atoms with E-state index >= 15 is 0 Å². The molecule has 0 spiro atoms. The van der Waals surface area contributed by atoms with E-state index in [1.165, 1.54) is 18.1 Å². The normalized spacial score (nSPS) is 30.1. The maximum atomic E-state index is 12.9. The summed E-state index contributed by atoms with van der Waals surface area (Å²) < 4.78 is 12.9. The number of benzene rings is 1. The zero-order valence-electron chi connectivity index (χ0n) is 6.68. The molecule has 1 aromatic rings. The summed E-state index contributed by atoms with van der Waals surface area (Å²) in [5.41, 5.74) is 2.32. The fraction of sp³-hybridized carbons (Fsp3) is 0.400. The molecule has 2 aliphatic rings. The van der Waals surface area contributed by atoms with Gasteiger partial charge in [-0.05, 0) is 42.0 Å². The van der Waals surface area contributed by atoms with Gasteiger partial charge in [0.15, 0.2) is 0 Å². The monoisotopic (exact) mass is 163 g/mol. The van der Waals surface area contributed by atoms with Crippen LogP contribution in [0, 0.1) is 11.7 Å². The molecule has 0 aromatic heterocycles. The molecule has 1 aliphatic carbocycles. The maximum absolute atomic E-state index is 12.9. The van der Waals surface area contributed by atoms with E-state index in [1.807, 2.05) is 6.07 Å². The van der Waals surface area contributed by atoms with Crippen molar-refractivity contribution in [3.63, 3.8) is 0 Å². The highest BCUT2D eigenvalue weighted by Gasteiger charge is 2.42. The molecular formula is C10H10FN. The molecule has 1 aromatic carbocycles. The first-order chi connectivity index (χ1) is 5.84. The zero-order valence-corrected chi connectivity index (χ0v) is 6.68. The third-order valence-corrected chi connectivity index (χ3v) is 2.89. The lowest BCUT2D eigenvalue weighted by molar-refractivity contribution is 0.624. The van der Waals surface area contributed by atoms with Gasteiger partial charge >= 0.3 is 0 Å². The Morgan fingerprint density at radius 3 is 3.25 bits per heavy atom. The van der Waals surface area contributed by atoms with Crippen LogP contribution >= 0.6 is 0 Å². The molecule has 0 radical (unpaired) electrons. The molecule has 1 aliphatic heterocycles. The second-order valence-corrected chi connectivity index (χ2v) is 3.71. The highest BCUT2D eigenvalue weighted by molar-refractivity contribution is 5.57. The lowest BCUT2D eigenvalue weighted by Crippen LogP contribution is -2.11. The Kier molecular flexibility index (Phi) is 1.08. The number of nitrogens with one attached hydrogen (secondary N) is 1. The second-order valence-electron chi connectivity index (χ2n) is 3.71. The molecule has 0 amide bonds. The highest BCUT2D eigenvalue weighted by Crippen LogP contribution is 2.52. The summed E-state index contributed by atoms with van der Waals surface area (Å²) in [6.45, 7) is 1.07. The van der Waals surface area contributed by atoms with Crippen molar-refractivity contribution in [3.05, 3.63) is 29.6 Å². The van der Waals surface area contributed by atoms with Crippen molar-refractivity contribution in [3.8, 4) is 0 Å². The Balaban J connectivity index is 2.14. The van der Waals surface area contributed by atoms with Gasteiger partial charge in [0, 0.05) is 12.2 Å². The molecule has 2 heteroatoms. The summed E-state index contributed by atoms with van der Waals surface area (Å²) in [5, 5.41) is 3.31. The van der Waals surface area contributed by atoms with Crippen LogP contribution in [-0.4, -0.2) is 6.54 Å². The van der Waals surface area contributed by atoms with E-state index in [4.69, 9.17) is 0 Å². The molecule has 3 rings (SSSR count). The van der Waals surface area contributed by atoms with Crippen LogP contribution in [0.4, 0.5) is 10.1 Å². The standard InChI is InChI=1S/C10H10FN/c11-7-1-2-10-9(4-7)8-3-6(8)5-12-10/h1-2,4,6,8,12H,3,5H2. The predicted molar refractivity (Wildman–Crippen MR) is 45.7 cm³/mol. The topological polar surface area (TPSA) is 12.0 Å². The molecule has 1 N–H and O–H groups in total. The quantitative estimate of drug-likeness (QED) is 0.619. The fourth-order valence-electron chi connectivity index (χ4n) is 2.10. The summed E-state index contributed by atoms with van der Waals surface area (Å²) in [4.78, 5) is 0. The van der Waals surface area contributed by atoms with Gasteiger partial charge in [0.2, 0.25) is 0 Å². The average molecular weight is 163 g/mol. The van der Waals surface area contributed by atoms with Crippen LogP contribution in [0.15, 0.2) is 18.2 Å². The van der Waals surface area contributed by atoms with Crippen molar-refractivity contribution in [2.24, 2.45) is 5.92 Å². The number of rotatable bonds is 0. The average Bonchev–Trinajstić information content (AvgIpc) is 2.82. The van der Waals surface area contributed by atoms with Crippen LogP contribution in [0.1, 0.15) is 17.9 Å². The van der Waals surface area contributed by atoms with Gasteiger partial charge in [-0.15, -0.1) is 0 Å². The smallest absolute Gasteiger partial charge is 0.123 e. The maximum Gasteiger partial charge on any atom is 0.123 e. The molecule has 1 fully saturated rings. The van der Waals surface area contributed by atoms with E-state index in [9.17, 15) is 4.39 Å². The molecule has 0 bridgehead atoms. The molecule has 1 heterocycles. The molecule has 2 unspecified atom stereocenters. The third kappa shape index (κ3) is 0.779. The Morgan fingerprint density at radius 1 is 1.42 bits per heavy atom. The number of hydrogen-bond acceptors (Lipinski definition) is 1. The van der Waals surface area contributed by atoms with Crippen LogP contribution in [0.5, 0.6) is 0 Å². The summed E-state index contributed by atoms with van der Waals surface area (Å²) in [5.74, 6) is 1.32. The Morgan fingerprint density at radius 2 is 2.33 bits per heavy atom. The summed E-state index contributed by atoms with van der Waals surface area (Å²) in [6.07, 6.45) is 1.24. The van der Waals surface area contributed by atoms with Crippen molar-refractivity contribution >= 4 is 5.69 Å². The first-order valence-electron chi connectivity index (χ1n) is 4.38. The molecule has 62 valence electrons. The van der Waals surface area contributed by atoms with Gasteiger partial charge in [0.25, 0.3) is 0 Å². The van der Waals surface area contributed by atoms with Crippen LogP contribution in [0.25, 0.3) is 0 Å². The second kappa shape index (κ2) is 2.00. The SMILES string of the molecule is Fc1ccc2c(c1)C1CC1CN2. The molecular weight excluding hydrogens is 153 g/mol. The van der Waals surface area contributed by atoms with E-state index < -0.39 is 0 Å². The Hall–Kier alpha value is -1.05. The minimum atomic E-state index is -0.108. The lowest BCUT2D eigenvalue weighted by atomic mass is 10.0. The summed E-state index contributed by atoms with van der Waals surface area (Å²) in [6, 6.07) is 5.04. The molecule has 2 atom stereocenters. The van der Waals surface area contributed by atoms with Crippen LogP contribution in [-0.2, 0) is 0 Å². The van der Waals surface area contributed by atoms with E-state index in [2.05, 4.69) is 5.32 Å². The predicted octanol–water partition coefficient (Wildman–Crippen LogP) is 2.35. The first-order valence-corrected chi connectivity index (χ1v) is 4.38. The molecule has 12 heavy (non-hydrogen) atoms. The van der Waals surface area contributed by atoms with Gasteiger partial charge < -0.3 is 5.32 Å². The van der Waals surface area contributed by atoms with Gasteiger partial charge in [-0.2, -0.15) is 0 Å². The van der Waals surface area contributed by atoms with E-state index in [1.54, 1.807) is 6.07 Å².